The quantitative estimate of drug-likeness (QED) is 0.887. The Balaban J connectivity index is 1.57. The average molecular weight is 285 g/mol. The largest absolute Gasteiger partial charge is 0.487 e. The van der Waals surface area contributed by atoms with Gasteiger partial charge in [-0.3, -0.25) is 5.10 Å². The number of rotatable bonds is 5. The van der Waals surface area contributed by atoms with Gasteiger partial charge in [0.2, 0.25) is 0 Å². The summed E-state index contributed by atoms with van der Waals surface area (Å²) in [6.45, 7) is 7.04. The van der Waals surface area contributed by atoms with E-state index in [1.54, 1.807) is 0 Å². The number of nitrogens with one attached hydrogen (secondary N) is 2. The molecule has 1 fully saturated rings. The van der Waals surface area contributed by atoms with Crippen LogP contribution in [0, 0.1) is 0 Å². The number of H-pyrrole nitrogens is 1. The number of hydrogen-bond acceptors (Lipinski definition) is 3. The molecule has 1 aliphatic heterocycles. The minimum atomic E-state index is 0.536. The second-order valence-corrected chi connectivity index (χ2v) is 6.02. The van der Waals surface area contributed by atoms with Gasteiger partial charge in [0.1, 0.15) is 12.4 Å². The second kappa shape index (κ2) is 6.31. The number of benzene rings is 1. The van der Waals surface area contributed by atoms with E-state index in [0.29, 0.717) is 18.4 Å². The van der Waals surface area contributed by atoms with Crippen LogP contribution in [0.15, 0.2) is 30.3 Å². The van der Waals surface area contributed by atoms with Gasteiger partial charge in [-0.15, -0.1) is 0 Å². The molecule has 4 heteroatoms. The molecule has 0 spiro atoms. The SMILES string of the molecule is CC(C)c1ccc(OCc2cc([C@@H]3CCNC3)n[nH]2)cc1. The number of nitrogens with zero attached hydrogens (tertiary/aromatic N) is 1. The highest BCUT2D eigenvalue weighted by Crippen LogP contribution is 2.22. The van der Waals surface area contributed by atoms with Crippen molar-refractivity contribution >= 4 is 0 Å². The summed E-state index contributed by atoms with van der Waals surface area (Å²) >= 11 is 0. The first kappa shape index (κ1) is 14.1. The molecule has 0 unspecified atom stereocenters. The van der Waals surface area contributed by atoms with Crippen molar-refractivity contribution < 1.29 is 4.74 Å². The van der Waals surface area contributed by atoms with Crippen molar-refractivity contribution in [2.24, 2.45) is 0 Å². The summed E-state index contributed by atoms with van der Waals surface area (Å²) in [6, 6.07) is 10.5. The number of aromatic nitrogens is 2. The smallest absolute Gasteiger partial charge is 0.130 e. The van der Waals surface area contributed by atoms with Crippen LogP contribution in [0.5, 0.6) is 5.75 Å². The zero-order valence-corrected chi connectivity index (χ0v) is 12.7. The highest BCUT2D eigenvalue weighted by Gasteiger charge is 2.19. The van der Waals surface area contributed by atoms with Crippen molar-refractivity contribution in [1.82, 2.24) is 15.5 Å². The highest BCUT2D eigenvalue weighted by atomic mass is 16.5. The minimum Gasteiger partial charge on any atom is -0.487 e. The molecule has 1 aromatic heterocycles. The fraction of sp³-hybridized carbons (Fsp3) is 0.471. The third kappa shape index (κ3) is 3.45. The molecule has 0 saturated carbocycles. The number of aromatic amines is 1. The molecule has 0 aliphatic carbocycles. The second-order valence-electron chi connectivity index (χ2n) is 6.02. The molecule has 1 aromatic carbocycles. The molecular formula is C17H23N3O. The Labute approximate surface area is 125 Å². The van der Waals surface area contributed by atoms with Gasteiger partial charge in [-0.2, -0.15) is 5.10 Å². The molecule has 0 amide bonds. The van der Waals surface area contributed by atoms with Crippen LogP contribution in [0.4, 0.5) is 0 Å². The van der Waals surface area contributed by atoms with E-state index in [1.165, 1.54) is 12.0 Å². The number of hydrogen-bond donors (Lipinski definition) is 2. The van der Waals surface area contributed by atoms with Crippen molar-refractivity contribution in [3.8, 4) is 5.75 Å². The average Bonchev–Trinajstić information content (AvgIpc) is 3.16. The van der Waals surface area contributed by atoms with Gasteiger partial charge in [0, 0.05) is 12.5 Å². The fourth-order valence-corrected chi connectivity index (χ4v) is 2.68. The first-order valence-electron chi connectivity index (χ1n) is 7.70. The lowest BCUT2D eigenvalue weighted by atomic mass is 10.0. The Morgan fingerprint density at radius 2 is 2.10 bits per heavy atom. The lowest BCUT2D eigenvalue weighted by Crippen LogP contribution is -2.08. The maximum Gasteiger partial charge on any atom is 0.130 e. The van der Waals surface area contributed by atoms with Gasteiger partial charge in [0.15, 0.2) is 0 Å². The maximum absolute atomic E-state index is 5.82. The van der Waals surface area contributed by atoms with Gasteiger partial charge in [0.25, 0.3) is 0 Å². The first-order valence-corrected chi connectivity index (χ1v) is 7.70. The summed E-state index contributed by atoms with van der Waals surface area (Å²) in [5.74, 6) is 1.99. The van der Waals surface area contributed by atoms with Gasteiger partial charge in [0.05, 0.1) is 11.4 Å². The van der Waals surface area contributed by atoms with Crippen molar-refractivity contribution in [3.63, 3.8) is 0 Å². The molecule has 1 atom stereocenters. The Morgan fingerprint density at radius 1 is 1.29 bits per heavy atom. The molecular weight excluding hydrogens is 262 g/mol. The van der Waals surface area contributed by atoms with Crippen molar-refractivity contribution in [2.45, 2.75) is 38.7 Å². The third-order valence-corrected chi connectivity index (χ3v) is 4.07. The standard InChI is InChI=1S/C17H23N3O/c1-12(2)13-3-5-16(6-4-13)21-11-15-9-17(20-19-15)14-7-8-18-10-14/h3-6,9,12,14,18H,7-8,10-11H2,1-2H3,(H,19,20)/t14-/m1/s1. The van der Waals surface area contributed by atoms with Crippen molar-refractivity contribution in [3.05, 3.63) is 47.3 Å². The third-order valence-electron chi connectivity index (χ3n) is 4.07. The predicted octanol–water partition coefficient (Wildman–Crippen LogP) is 3.19. The van der Waals surface area contributed by atoms with Crippen LogP contribution in [0.25, 0.3) is 0 Å². The van der Waals surface area contributed by atoms with Gasteiger partial charge >= 0.3 is 0 Å². The number of ether oxygens (including phenoxy) is 1. The Kier molecular flexibility index (Phi) is 4.25. The maximum atomic E-state index is 5.82. The summed E-state index contributed by atoms with van der Waals surface area (Å²) in [5, 5.41) is 10.8. The van der Waals surface area contributed by atoms with Crippen LogP contribution in [0.3, 0.4) is 0 Å². The molecule has 2 aromatic rings. The first-order chi connectivity index (χ1) is 10.2. The molecule has 112 valence electrons. The zero-order chi connectivity index (χ0) is 14.7. The molecule has 1 saturated heterocycles. The predicted molar refractivity (Wildman–Crippen MR) is 83.7 cm³/mol. The Morgan fingerprint density at radius 3 is 2.76 bits per heavy atom. The zero-order valence-electron chi connectivity index (χ0n) is 12.7. The van der Waals surface area contributed by atoms with Gasteiger partial charge < -0.3 is 10.1 Å². The Bertz CT molecular complexity index is 568. The van der Waals surface area contributed by atoms with E-state index in [1.807, 2.05) is 12.1 Å². The van der Waals surface area contributed by atoms with Gasteiger partial charge in [-0.25, -0.2) is 0 Å². The van der Waals surface area contributed by atoms with Crippen molar-refractivity contribution in [2.75, 3.05) is 13.1 Å². The van der Waals surface area contributed by atoms with Crippen LogP contribution >= 0.6 is 0 Å². The van der Waals surface area contributed by atoms with Crippen LogP contribution < -0.4 is 10.1 Å². The lowest BCUT2D eigenvalue weighted by molar-refractivity contribution is 0.301. The molecule has 4 nitrogen and oxygen atoms in total. The fourth-order valence-electron chi connectivity index (χ4n) is 2.68. The van der Waals surface area contributed by atoms with E-state index in [2.05, 4.69) is 47.6 Å². The van der Waals surface area contributed by atoms with E-state index in [0.717, 1.165) is 30.2 Å². The highest BCUT2D eigenvalue weighted by molar-refractivity contribution is 5.29. The van der Waals surface area contributed by atoms with Crippen LogP contribution in [0.2, 0.25) is 0 Å². The summed E-state index contributed by atoms with van der Waals surface area (Å²) < 4.78 is 5.82. The Hall–Kier alpha value is -1.81. The molecule has 2 heterocycles. The monoisotopic (exact) mass is 285 g/mol. The van der Waals surface area contributed by atoms with Gasteiger partial charge in [-0.1, -0.05) is 26.0 Å². The van der Waals surface area contributed by atoms with E-state index in [9.17, 15) is 0 Å². The van der Waals surface area contributed by atoms with Crippen molar-refractivity contribution in [1.29, 1.82) is 0 Å². The van der Waals surface area contributed by atoms with Crippen LogP contribution in [-0.2, 0) is 6.61 Å². The molecule has 0 bridgehead atoms. The topological polar surface area (TPSA) is 49.9 Å². The van der Waals surface area contributed by atoms with E-state index in [-0.39, 0.29) is 0 Å². The van der Waals surface area contributed by atoms with E-state index < -0.39 is 0 Å². The summed E-state index contributed by atoms with van der Waals surface area (Å²) in [6.07, 6.45) is 1.17. The van der Waals surface area contributed by atoms with Crippen LogP contribution in [0.1, 0.15) is 49.1 Å². The molecule has 1 aliphatic rings. The summed E-state index contributed by atoms with van der Waals surface area (Å²) in [7, 11) is 0. The summed E-state index contributed by atoms with van der Waals surface area (Å²) in [4.78, 5) is 0. The normalized spacial score (nSPS) is 18.3. The molecule has 3 rings (SSSR count). The minimum absolute atomic E-state index is 0.536. The summed E-state index contributed by atoms with van der Waals surface area (Å²) in [5.41, 5.74) is 3.51. The molecule has 0 radical (unpaired) electrons. The van der Waals surface area contributed by atoms with E-state index in [4.69, 9.17) is 4.74 Å². The van der Waals surface area contributed by atoms with Crippen LogP contribution in [-0.4, -0.2) is 23.3 Å². The van der Waals surface area contributed by atoms with E-state index >= 15 is 0 Å². The van der Waals surface area contributed by atoms with Gasteiger partial charge in [-0.05, 0) is 42.6 Å². The molecule has 2 N–H and O–H groups in total. The molecule has 21 heavy (non-hydrogen) atoms. The lowest BCUT2D eigenvalue weighted by Gasteiger charge is -2.08.